The number of carbonyl (C=O) groups is 1. The third-order valence-electron chi connectivity index (χ3n) is 1.62. The molecule has 1 unspecified atom stereocenters. The van der Waals surface area contributed by atoms with Gasteiger partial charge in [0.1, 0.15) is 11.7 Å². The molecule has 2 nitrogen and oxygen atoms in total. The molecule has 1 fully saturated rings. The molecule has 0 aromatic carbocycles. The molecule has 0 bridgehead atoms. The van der Waals surface area contributed by atoms with Gasteiger partial charge >= 0.3 is 0 Å². The molecule has 1 heterocycles. The lowest BCUT2D eigenvalue weighted by Gasteiger charge is -2.15. The van der Waals surface area contributed by atoms with E-state index >= 15 is 0 Å². The summed E-state index contributed by atoms with van der Waals surface area (Å²) in [4.78, 5) is 11.7. The molecule has 0 spiro atoms. The van der Waals surface area contributed by atoms with E-state index in [0.717, 1.165) is 0 Å². The molecule has 0 aromatic heterocycles. The fourth-order valence-electron chi connectivity index (χ4n) is 1.05. The second kappa shape index (κ2) is 3.30. The number of carbonyl (C=O) groups excluding carboxylic acids is 1. The number of likely N-dealkylation sites (tertiary alicyclic amines) is 1. The summed E-state index contributed by atoms with van der Waals surface area (Å²) < 4.78 is 12.5. The lowest BCUT2D eigenvalue weighted by atomic mass is 10.3. The molecular formula is C6H9ClFNO. The number of alkyl halides is 2. The van der Waals surface area contributed by atoms with Gasteiger partial charge in [-0.15, -0.1) is 0 Å². The standard InChI is InChI=1S/C6H9ClFNO/c7-6(4-10)9-2-1-5(8)3-9/h4-6H,1-3H2/t5-,6?/m1/s1. The van der Waals surface area contributed by atoms with E-state index < -0.39 is 11.7 Å². The summed E-state index contributed by atoms with van der Waals surface area (Å²) in [5.74, 6) is 0. The number of aldehydes is 1. The van der Waals surface area contributed by atoms with Crippen LogP contribution in [-0.4, -0.2) is 35.9 Å². The van der Waals surface area contributed by atoms with Crippen LogP contribution in [0.5, 0.6) is 0 Å². The minimum absolute atomic E-state index is 0.299. The van der Waals surface area contributed by atoms with Crippen LogP contribution < -0.4 is 0 Å². The van der Waals surface area contributed by atoms with Crippen LogP contribution in [0.3, 0.4) is 0 Å². The Morgan fingerprint density at radius 3 is 2.90 bits per heavy atom. The molecule has 1 aliphatic rings. The molecule has 10 heavy (non-hydrogen) atoms. The zero-order valence-corrected chi connectivity index (χ0v) is 6.22. The largest absolute Gasteiger partial charge is 0.300 e. The number of rotatable bonds is 2. The molecule has 0 amide bonds. The highest BCUT2D eigenvalue weighted by atomic mass is 35.5. The number of hydrogen-bond donors (Lipinski definition) is 0. The van der Waals surface area contributed by atoms with Crippen molar-refractivity contribution in [1.82, 2.24) is 4.90 Å². The molecule has 0 N–H and O–H groups in total. The lowest BCUT2D eigenvalue weighted by Crippen LogP contribution is -2.30. The SMILES string of the molecule is O=CC(Cl)N1CC[C@@H](F)C1. The first-order valence-corrected chi connectivity index (χ1v) is 3.65. The van der Waals surface area contributed by atoms with Gasteiger partial charge in [0.2, 0.25) is 0 Å². The van der Waals surface area contributed by atoms with E-state index in [0.29, 0.717) is 25.8 Å². The van der Waals surface area contributed by atoms with Crippen molar-refractivity contribution < 1.29 is 9.18 Å². The van der Waals surface area contributed by atoms with Gasteiger partial charge in [0.15, 0.2) is 6.29 Å². The van der Waals surface area contributed by atoms with Crippen molar-refractivity contribution in [3.8, 4) is 0 Å². The molecule has 1 saturated heterocycles. The minimum atomic E-state index is -0.804. The van der Waals surface area contributed by atoms with Crippen LogP contribution in [0.25, 0.3) is 0 Å². The molecule has 1 aliphatic heterocycles. The first-order chi connectivity index (χ1) is 4.74. The number of halogens is 2. The summed E-state index contributed by atoms with van der Waals surface area (Å²) in [5.41, 5.74) is -0.638. The first-order valence-electron chi connectivity index (χ1n) is 3.21. The predicted octanol–water partition coefficient (Wildman–Crippen LogP) is 0.794. The van der Waals surface area contributed by atoms with Gasteiger partial charge in [0.25, 0.3) is 0 Å². The fourth-order valence-corrected chi connectivity index (χ4v) is 1.23. The van der Waals surface area contributed by atoms with Crippen molar-refractivity contribution in [3.05, 3.63) is 0 Å². The Kier molecular flexibility index (Phi) is 2.63. The third kappa shape index (κ3) is 1.67. The summed E-state index contributed by atoms with van der Waals surface area (Å²) in [6, 6.07) is 0. The molecule has 0 saturated carbocycles. The summed E-state index contributed by atoms with van der Waals surface area (Å²) >= 11 is 5.53. The van der Waals surface area contributed by atoms with E-state index in [-0.39, 0.29) is 0 Å². The van der Waals surface area contributed by atoms with E-state index in [1.54, 1.807) is 4.90 Å². The van der Waals surface area contributed by atoms with Crippen molar-refractivity contribution >= 4 is 17.9 Å². The summed E-state index contributed by atoms with van der Waals surface area (Å²) in [6.45, 7) is 0.890. The normalized spacial score (nSPS) is 30.4. The number of nitrogens with zero attached hydrogens (tertiary/aromatic N) is 1. The van der Waals surface area contributed by atoms with Gasteiger partial charge in [-0.2, -0.15) is 0 Å². The van der Waals surface area contributed by atoms with E-state index in [9.17, 15) is 9.18 Å². The van der Waals surface area contributed by atoms with E-state index in [2.05, 4.69) is 0 Å². The molecule has 0 aliphatic carbocycles. The van der Waals surface area contributed by atoms with Crippen LogP contribution in [0.4, 0.5) is 4.39 Å². The zero-order valence-electron chi connectivity index (χ0n) is 5.46. The van der Waals surface area contributed by atoms with Gasteiger partial charge in [-0.1, -0.05) is 11.6 Å². The second-order valence-electron chi connectivity index (χ2n) is 2.39. The minimum Gasteiger partial charge on any atom is -0.300 e. The van der Waals surface area contributed by atoms with Gasteiger partial charge in [0.05, 0.1) is 0 Å². The maximum Gasteiger partial charge on any atom is 0.152 e. The Morgan fingerprint density at radius 1 is 1.80 bits per heavy atom. The predicted molar refractivity (Wildman–Crippen MR) is 36.8 cm³/mol. The Balaban J connectivity index is 2.36. The summed E-state index contributed by atoms with van der Waals surface area (Å²) in [5, 5.41) is 0. The third-order valence-corrected chi connectivity index (χ3v) is 2.00. The molecule has 58 valence electrons. The van der Waals surface area contributed by atoms with E-state index in [1.807, 2.05) is 0 Å². The average Bonchev–Trinajstić information content (AvgIpc) is 2.34. The Hall–Kier alpha value is -0.150. The van der Waals surface area contributed by atoms with E-state index in [4.69, 9.17) is 11.6 Å². The quantitative estimate of drug-likeness (QED) is 0.343. The van der Waals surface area contributed by atoms with Crippen LogP contribution in [0.15, 0.2) is 0 Å². The smallest absolute Gasteiger partial charge is 0.152 e. The highest BCUT2D eigenvalue weighted by Crippen LogP contribution is 2.15. The van der Waals surface area contributed by atoms with Crippen molar-refractivity contribution in [2.45, 2.75) is 18.1 Å². The average molecular weight is 166 g/mol. The van der Waals surface area contributed by atoms with Gasteiger partial charge < -0.3 is 4.79 Å². The topological polar surface area (TPSA) is 20.3 Å². The Labute approximate surface area is 63.9 Å². The highest BCUT2D eigenvalue weighted by molar-refractivity contribution is 6.27. The highest BCUT2D eigenvalue weighted by Gasteiger charge is 2.26. The van der Waals surface area contributed by atoms with Gasteiger partial charge in [-0.25, -0.2) is 4.39 Å². The van der Waals surface area contributed by atoms with Gasteiger partial charge in [0, 0.05) is 13.1 Å². The monoisotopic (exact) mass is 165 g/mol. The lowest BCUT2D eigenvalue weighted by molar-refractivity contribution is -0.109. The maximum atomic E-state index is 12.5. The van der Waals surface area contributed by atoms with Gasteiger partial charge in [-0.3, -0.25) is 4.90 Å². The van der Waals surface area contributed by atoms with Crippen LogP contribution in [-0.2, 0) is 4.79 Å². The van der Waals surface area contributed by atoms with Crippen LogP contribution in [0, 0.1) is 0 Å². The second-order valence-corrected chi connectivity index (χ2v) is 2.84. The molecule has 0 radical (unpaired) electrons. The molecule has 4 heteroatoms. The summed E-state index contributed by atoms with van der Waals surface area (Å²) in [7, 11) is 0. The van der Waals surface area contributed by atoms with Gasteiger partial charge in [-0.05, 0) is 6.42 Å². The van der Waals surface area contributed by atoms with Crippen molar-refractivity contribution in [2.24, 2.45) is 0 Å². The Morgan fingerprint density at radius 2 is 2.50 bits per heavy atom. The van der Waals surface area contributed by atoms with E-state index in [1.165, 1.54) is 0 Å². The first kappa shape index (κ1) is 7.95. The fraction of sp³-hybridized carbons (Fsp3) is 0.833. The Bertz CT molecular complexity index is 133. The molecule has 2 atom stereocenters. The van der Waals surface area contributed by atoms with Crippen LogP contribution in [0.1, 0.15) is 6.42 Å². The summed E-state index contributed by atoms with van der Waals surface area (Å²) in [6.07, 6.45) is 0.317. The zero-order chi connectivity index (χ0) is 7.56. The van der Waals surface area contributed by atoms with Crippen LogP contribution in [0.2, 0.25) is 0 Å². The van der Waals surface area contributed by atoms with Crippen molar-refractivity contribution in [3.63, 3.8) is 0 Å². The van der Waals surface area contributed by atoms with Crippen LogP contribution >= 0.6 is 11.6 Å². The number of hydrogen-bond acceptors (Lipinski definition) is 2. The molecule has 1 rings (SSSR count). The molecule has 0 aromatic rings. The van der Waals surface area contributed by atoms with Crippen molar-refractivity contribution in [2.75, 3.05) is 13.1 Å². The van der Waals surface area contributed by atoms with Crippen molar-refractivity contribution in [1.29, 1.82) is 0 Å². The maximum absolute atomic E-state index is 12.5. The molecular weight excluding hydrogens is 157 g/mol.